The molecule has 1 amide bonds. The Hall–Kier alpha value is -2.54. The topological polar surface area (TPSA) is 73.0 Å². The number of benzene rings is 1. The van der Waals surface area contributed by atoms with Crippen molar-refractivity contribution >= 4 is 17.7 Å². The highest BCUT2D eigenvalue weighted by atomic mass is 32.2. The summed E-state index contributed by atoms with van der Waals surface area (Å²) in [5, 5.41) is 12.7. The lowest BCUT2D eigenvalue weighted by Gasteiger charge is -2.22. The summed E-state index contributed by atoms with van der Waals surface area (Å²) in [6.07, 6.45) is 7.75. The van der Waals surface area contributed by atoms with Crippen LogP contribution >= 0.6 is 11.8 Å². The van der Waals surface area contributed by atoms with E-state index in [9.17, 15) is 4.79 Å². The van der Waals surface area contributed by atoms with E-state index < -0.39 is 0 Å². The average Bonchev–Trinajstić information content (AvgIpc) is 3.42. The summed E-state index contributed by atoms with van der Waals surface area (Å²) < 4.78 is 7.46. The predicted molar refractivity (Wildman–Crippen MR) is 113 cm³/mol. The van der Waals surface area contributed by atoms with Crippen LogP contribution in [0.25, 0.3) is 0 Å². The summed E-state index contributed by atoms with van der Waals surface area (Å²) in [5.41, 5.74) is 1.22. The largest absolute Gasteiger partial charge is 0.467 e. The normalized spacial score (nSPS) is 14.8. The molecule has 1 N–H and O–H groups in total. The van der Waals surface area contributed by atoms with Crippen LogP contribution in [-0.2, 0) is 17.9 Å². The van der Waals surface area contributed by atoms with Gasteiger partial charge in [-0.1, -0.05) is 61.4 Å². The smallest absolute Gasteiger partial charge is 0.230 e. The maximum atomic E-state index is 12.3. The summed E-state index contributed by atoms with van der Waals surface area (Å²) >= 11 is 1.44. The SMILES string of the molecule is O=C(CSc1nnc(C2CCCCC2)n1Cc1ccccc1)NCc1ccco1. The number of carbonyl (C=O) groups excluding carboxylic acids is 1. The Morgan fingerprint density at radius 1 is 1.10 bits per heavy atom. The highest BCUT2D eigenvalue weighted by Gasteiger charge is 2.24. The minimum absolute atomic E-state index is 0.0418. The van der Waals surface area contributed by atoms with E-state index in [-0.39, 0.29) is 5.91 Å². The van der Waals surface area contributed by atoms with Crippen LogP contribution in [0.3, 0.4) is 0 Å². The number of aromatic nitrogens is 3. The average molecular weight is 411 g/mol. The molecule has 2 heterocycles. The van der Waals surface area contributed by atoms with Gasteiger partial charge in [0.1, 0.15) is 11.6 Å². The highest BCUT2D eigenvalue weighted by molar-refractivity contribution is 7.99. The van der Waals surface area contributed by atoms with Crippen molar-refractivity contribution in [2.45, 2.75) is 56.3 Å². The molecule has 1 aromatic carbocycles. The summed E-state index contributed by atoms with van der Waals surface area (Å²) in [7, 11) is 0. The fourth-order valence-electron chi connectivity index (χ4n) is 3.76. The molecule has 1 fully saturated rings. The molecule has 1 aliphatic rings. The van der Waals surface area contributed by atoms with E-state index in [2.05, 4.69) is 44.3 Å². The highest BCUT2D eigenvalue weighted by Crippen LogP contribution is 2.33. The second-order valence-electron chi connectivity index (χ2n) is 7.39. The van der Waals surface area contributed by atoms with E-state index in [0.29, 0.717) is 18.2 Å². The number of nitrogens with zero attached hydrogens (tertiary/aromatic N) is 3. The van der Waals surface area contributed by atoms with Crippen molar-refractivity contribution in [1.29, 1.82) is 0 Å². The van der Waals surface area contributed by atoms with Crippen LogP contribution in [0.2, 0.25) is 0 Å². The van der Waals surface area contributed by atoms with Crippen LogP contribution in [0, 0.1) is 0 Å². The number of furan rings is 1. The summed E-state index contributed by atoms with van der Waals surface area (Å²) in [6, 6.07) is 14.0. The van der Waals surface area contributed by atoms with Gasteiger partial charge < -0.3 is 14.3 Å². The number of hydrogen-bond donors (Lipinski definition) is 1. The van der Waals surface area contributed by atoms with Gasteiger partial charge in [0.2, 0.25) is 5.91 Å². The predicted octanol–water partition coefficient (Wildman–Crippen LogP) is 4.38. The lowest BCUT2D eigenvalue weighted by molar-refractivity contribution is -0.118. The molecule has 152 valence electrons. The standard InChI is InChI=1S/C22H26N4O2S/c27-20(23-14-19-12-7-13-28-19)16-29-22-25-24-21(18-10-5-2-6-11-18)26(22)15-17-8-3-1-4-9-17/h1,3-4,7-9,12-13,18H,2,5-6,10-11,14-16H2,(H,23,27). The van der Waals surface area contributed by atoms with Crippen molar-refractivity contribution in [2.75, 3.05) is 5.75 Å². The van der Waals surface area contributed by atoms with Gasteiger partial charge in [0.05, 0.1) is 25.1 Å². The van der Waals surface area contributed by atoms with E-state index >= 15 is 0 Å². The maximum absolute atomic E-state index is 12.3. The first-order valence-corrected chi connectivity index (χ1v) is 11.2. The van der Waals surface area contributed by atoms with Crippen molar-refractivity contribution in [3.05, 3.63) is 65.9 Å². The number of hydrogen-bond acceptors (Lipinski definition) is 5. The van der Waals surface area contributed by atoms with Gasteiger partial charge in [-0.2, -0.15) is 0 Å². The van der Waals surface area contributed by atoms with Crippen molar-refractivity contribution in [1.82, 2.24) is 20.1 Å². The van der Waals surface area contributed by atoms with Crippen LogP contribution in [0.5, 0.6) is 0 Å². The number of thioether (sulfide) groups is 1. The van der Waals surface area contributed by atoms with Gasteiger partial charge in [-0.15, -0.1) is 10.2 Å². The van der Waals surface area contributed by atoms with Crippen LogP contribution in [0.4, 0.5) is 0 Å². The molecule has 29 heavy (non-hydrogen) atoms. The summed E-state index contributed by atoms with van der Waals surface area (Å²) in [5.74, 6) is 2.53. The Kier molecular flexibility index (Phi) is 6.67. The molecule has 0 spiro atoms. The molecule has 0 saturated heterocycles. The van der Waals surface area contributed by atoms with E-state index in [4.69, 9.17) is 4.42 Å². The summed E-state index contributed by atoms with van der Waals surface area (Å²) in [6.45, 7) is 1.13. The molecule has 6 nitrogen and oxygen atoms in total. The lowest BCUT2D eigenvalue weighted by atomic mass is 9.88. The number of carbonyl (C=O) groups is 1. The molecule has 3 aromatic rings. The quantitative estimate of drug-likeness (QED) is 0.558. The second kappa shape index (κ2) is 9.78. The maximum Gasteiger partial charge on any atom is 0.230 e. The Bertz CT molecular complexity index is 902. The van der Waals surface area contributed by atoms with Gasteiger partial charge in [-0.05, 0) is 30.5 Å². The monoisotopic (exact) mass is 410 g/mol. The third kappa shape index (κ3) is 5.29. The van der Waals surface area contributed by atoms with Crippen molar-refractivity contribution in [2.24, 2.45) is 0 Å². The number of nitrogens with one attached hydrogen (secondary N) is 1. The van der Waals surface area contributed by atoms with Crippen LogP contribution in [0.15, 0.2) is 58.3 Å². The Morgan fingerprint density at radius 3 is 2.69 bits per heavy atom. The third-order valence-electron chi connectivity index (χ3n) is 5.27. The van der Waals surface area contributed by atoms with E-state index in [1.807, 2.05) is 18.2 Å². The first-order chi connectivity index (χ1) is 14.3. The molecule has 7 heteroatoms. The fourth-order valence-corrected chi connectivity index (χ4v) is 4.54. The van der Waals surface area contributed by atoms with Crippen LogP contribution in [-0.4, -0.2) is 26.4 Å². The van der Waals surface area contributed by atoms with Gasteiger partial charge in [0, 0.05) is 5.92 Å². The molecule has 1 saturated carbocycles. The van der Waals surface area contributed by atoms with Crippen molar-refractivity contribution in [3.63, 3.8) is 0 Å². The molecule has 0 radical (unpaired) electrons. The molecule has 0 aliphatic heterocycles. The molecule has 0 unspecified atom stereocenters. The Labute approximate surface area is 175 Å². The molecule has 0 atom stereocenters. The molecule has 0 bridgehead atoms. The Balaban J connectivity index is 1.45. The zero-order valence-electron chi connectivity index (χ0n) is 16.4. The van der Waals surface area contributed by atoms with Crippen molar-refractivity contribution in [3.8, 4) is 0 Å². The fraction of sp³-hybridized carbons (Fsp3) is 0.409. The van der Waals surface area contributed by atoms with Crippen molar-refractivity contribution < 1.29 is 9.21 Å². The lowest BCUT2D eigenvalue weighted by Crippen LogP contribution is -2.24. The molecule has 1 aliphatic carbocycles. The second-order valence-corrected chi connectivity index (χ2v) is 8.33. The first-order valence-electron chi connectivity index (χ1n) is 10.2. The van der Waals surface area contributed by atoms with Crippen LogP contribution in [0.1, 0.15) is 55.2 Å². The zero-order chi connectivity index (χ0) is 19.9. The number of rotatable bonds is 8. The number of amides is 1. The van der Waals surface area contributed by atoms with E-state index in [0.717, 1.165) is 23.3 Å². The third-order valence-corrected chi connectivity index (χ3v) is 6.24. The summed E-state index contributed by atoms with van der Waals surface area (Å²) in [4.78, 5) is 12.3. The molecule has 4 rings (SSSR count). The van der Waals surface area contributed by atoms with Gasteiger partial charge in [0.15, 0.2) is 5.16 Å². The Morgan fingerprint density at radius 2 is 1.93 bits per heavy atom. The van der Waals surface area contributed by atoms with Crippen LogP contribution < -0.4 is 5.32 Å². The zero-order valence-corrected chi connectivity index (χ0v) is 17.2. The molecule has 2 aromatic heterocycles. The first kappa shape index (κ1) is 19.8. The van der Waals surface area contributed by atoms with Gasteiger partial charge in [0.25, 0.3) is 0 Å². The van der Waals surface area contributed by atoms with E-state index in [1.54, 1.807) is 6.26 Å². The minimum atomic E-state index is -0.0418. The molecular weight excluding hydrogens is 384 g/mol. The van der Waals surface area contributed by atoms with E-state index in [1.165, 1.54) is 49.4 Å². The molecular formula is C22H26N4O2S. The van der Waals surface area contributed by atoms with Gasteiger partial charge in [-0.25, -0.2) is 0 Å². The van der Waals surface area contributed by atoms with Gasteiger partial charge in [-0.3, -0.25) is 4.79 Å². The minimum Gasteiger partial charge on any atom is -0.467 e. The van der Waals surface area contributed by atoms with Gasteiger partial charge >= 0.3 is 0 Å².